The largest absolute Gasteiger partial charge is 0.513 e. The number of carboxylic acid groups (broad SMARTS) is 1. The van der Waals surface area contributed by atoms with Gasteiger partial charge in [0, 0.05) is 36.2 Å². The summed E-state index contributed by atoms with van der Waals surface area (Å²) in [5, 5.41) is 14.3. The number of aromatic nitrogens is 2. The van der Waals surface area contributed by atoms with E-state index in [1.165, 1.54) is 19.2 Å². The molecule has 2 aromatic heterocycles. The Kier molecular flexibility index (Phi) is 6.14. The van der Waals surface area contributed by atoms with Crippen LogP contribution in [-0.4, -0.2) is 41.2 Å². The van der Waals surface area contributed by atoms with Gasteiger partial charge in [-0.3, -0.25) is 4.68 Å². The molecule has 4 aromatic rings. The first-order valence-corrected chi connectivity index (χ1v) is 11.9. The maximum Gasteiger partial charge on any atom is 0.513 e. The third kappa shape index (κ3) is 4.45. The number of carbonyl (C=O) groups is 1. The van der Waals surface area contributed by atoms with Crippen molar-refractivity contribution in [2.24, 2.45) is 0 Å². The van der Waals surface area contributed by atoms with Crippen molar-refractivity contribution in [2.45, 2.75) is 25.8 Å². The number of rotatable bonds is 5. The monoisotopic (exact) mass is 543 g/mol. The number of anilines is 1. The lowest BCUT2D eigenvalue weighted by Crippen LogP contribution is -2.35. The second-order valence-electron chi connectivity index (χ2n) is 8.42. The molecule has 1 saturated heterocycles. The van der Waals surface area contributed by atoms with Crippen LogP contribution in [0.25, 0.3) is 22.2 Å². The summed E-state index contributed by atoms with van der Waals surface area (Å²) in [5.74, 6) is 0.0672. The molecule has 1 N–H and O–H groups in total. The minimum Gasteiger partial charge on any atom is -0.496 e. The van der Waals surface area contributed by atoms with E-state index in [1.807, 2.05) is 29.8 Å². The van der Waals surface area contributed by atoms with E-state index in [0.717, 1.165) is 58.4 Å². The molecule has 2 aromatic carbocycles. The van der Waals surface area contributed by atoms with E-state index in [1.54, 1.807) is 12.1 Å². The first kappa shape index (κ1) is 23.2. The van der Waals surface area contributed by atoms with E-state index in [9.17, 15) is 9.18 Å². The molecule has 182 valence electrons. The highest BCUT2D eigenvalue weighted by Gasteiger charge is 2.26. The lowest BCUT2D eigenvalue weighted by Gasteiger charge is -2.35. The Morgan fingerprint density at radius 1 is 1.20 bits per heavy atom. The Labute approximate surface area is 209 Å². The van der Waals surface area contributed by atoms with Crippen molar-refractivity contribution in [3.8, 4) is 23.0 Å². The van der Waals surface area contributed by atoms with Gasteiger partial charge < -0.3 is 23.9 Å². The molecule has 0 spiro atoms. The third-order valence-corrected chi connectivity index (χ3v) is 7.06. The number of aryl methyl sites for hydroxylation is 1. The van der Waals surface area contributed by atoms with Crippen molar-refractivity contribution < 1.29 is 28.2 Å². The standard InChI is InChI=1S/C25H23BrFN3O5/c1-14-11-20(17-4-3-15(27)12-22(17)33-2)30(28-14)16-7-9-29(10-8-16)19-5-6-21-18(24(19)26)13-23(34-21)35-25(31)32/h3-6,11-13,16H,7-10H2,1-2H3,(H,31,32). The van der Waals surface area contributed by atoms with Gasteiger partial charge in [-0.2, -0.15) is 5.10 Å². The van der Waals surface area contributed by atoms with Crippen molar-refractivity contribution in [1.82, 2.24) is 9.78 Å². The van der Waals surface area contributed by atoms with Gasteiger partial charge in [-0.25, -0.2) is 9.18 Å². The number of furan rings is 1. The third-order valence-electron chi connectivity index (χ3n) is 6.23. The number of methoxy groups -OCH3 is 1. The number of hydrogen-bond acceptors (Lipinski definition) is 6. The Balaban J connectivity index is 1.38. The van der Waals surface area contributed by atoms with Crippen molar-refractivity contribution in [3.63, 3.8) is 0 Å². The van der Waals surface area contributed by atoms with Crippen molar-refractivity contribution in [2.75, 3.05) is 25.1 Å². The summed E-state index contributed by atoms with van der Waals surface area (Å²) in [6.45, 7) is 3.54. The van der Waals surface area contributed by atoms with Crippen molar-refractivity contribution >= 4 is 38.7 Å². The summed E-state index contributed by atoms with van der Waals surface area (Å²) in [6, 6.07) is 12.1. The van der Waals surface area contributed by atoms with Gasteiger partial charge in [0.25, 0.3) is 5.95 Å². The fourth-order valence-corrected chi connectivity index (χ4v) is 5.34. The summed E-state index contributed by atoms with van der Waals surface area (Å²) in [5.41, 5.74) is 4.14. The number of ether oxygens (including phenoxy) is 2. The Bertz CT molecular complexity index is 1410. The smallest absolute Gasteiger partial charge is 0.496 e. The summed E-state index contributed by atoms with van der Waals surface area (Å²) >= 11 is 3.66. The fourth-order valence-electron chi connectivity index (χ4n) is 4.65. The zero-order valence-corrected chi connectivity index (χ0v) is 20.7. The van der Waals surface area contributed by atoms with Crippen LogP contribution >= 0.6 is 15.9 Å². The first-order chi connectivity index (χ1) is 16.8. The van der Waals surface area contributed by atoms with Crippen molar-refractivity contribution in [1.29, 1.82) is 0 Å². The molecule has 0 bridgehead atoms. The molecule has 1 aliphatic rings. The summed E-state index contributed by atoms with van der Waals surface area (Å²) in [6.07, 6.45) is 0.302. The van der Waals surface area contributed by atoms with Gasteiger partial charge in [0.05, 0.1) is 34.7 Å². The van der Waals surface area contributed by atoms with E-state index < -0.39 is 6.16 Å². The molecule has 0 atom stereocenters. The van der Waals surface area contributed by atoms with E-state index in [-0.39, 0.29) is 17.8 Å². The Hall–Kier alpha value is -3.53. The van der Waals surface area contributed by atoms with Gasteiger partial charge in [0.15, 0.2) is 0 Å². The normalized spacial score (nSPS) is 14.5. The summed E-state index contributed by atoms with van der Waals surface area (Å²) in [7, 11) is 1.54. The molecule has 3 heterocycles. The Morgan fingerprint density at radius 2 is 1.97 bits per heavy atom. The van der Waals surface area contributed by atoms with Gasteiger partial charge in [-0.05, 0) is 66.0 Å². The maximum absolute atomic E-state index is 13.8. The zero-order chi connectivity index (χ0) is 24.7. The topological polar surface area (TPSA) is 90.0 Å². The number of piperidine rings is 1. The van der Waals surface area contributed by atoms with Crippen LogP contribution in [-0.2, 0) is 0 Å². The molecule has 1 fully saturated rings. The lowest BCUT2D eigenvalue weighted by atomic mass is 10.0. The lowest BCUT2D eigenvalue weighted by molar-refractivity contribution is 0.134. The second kappa shape index (κ2) is 9.26. The first-order valence-electron chi connectivity index (χ1n) is 11.1. The quantitative estimate of drug-likeness (QED) is 0.290. The van der Waals surface area contributed by atoms with Crippen LogP contribution in [0.2, 0.25) is 0 Å². The van der Waals surface area contributed by atoms with Crippen molar-refractivity contribution in [3.05, 3.63) is 58.4 Å². The molecular weight excluding hydrogens is 521 g/mol. The molecule has 0 radical (unpaired) electrons. The number of fused-ring (bicyclic) bond motifs is 1. The van der Waals surface area contributed by atoms with Crippen LogP contribution in [0.3, 0.4) is 0 Å². The zero-order valence-electron chi connectivity index (χ0n) is 19.1. The molecule has 0 unspecified atom stereocenters. The Morgan fingerprint density at radius 3 is 2.69 bits per heavy atom. The van der Waals surface area contributed by atoms with Crippen LogP contribution in [0.1, 0.15) is 24.6 Å². The average molecular weight is 544 g/mol. The summed E-state index contributed by atoms with van der Waals surface area (Å²) < 4.78 is 32.2. The molecule has 0 amide bonds. The van der Waals surface area contributed by atoms with E-state index in [0.29, 0.717) is 11.3 Å². The minimum absolute atomic E-state index is 0.0677. The summed E-state index contributed by atoms with van der Waals surface area (Å²) in [4.78, 5) is 13.1. The predicted molar refractivity (Wildman–Crippen MR) is 132 cm³/mol. The molecular formula is C25H23BrFN3O5. The molecule has 0 saturated carbocycles. The maximum atomic E-state index is 13.8. The van der Waals surface area contributed by atoms with Crippen LogP contribution in [0.5, 0.6) is 11.7 Å². The highest BCUT2D eigenvalue weighted by atomic mass is 79.9. The second-order valence-corrected chi connectivity index (χ2v) is 9.22. The van der Waals surface area contributed by atoms with Gasteiger partial charge in [-0.1, -0.05) is 0 Å². The van der Waals surface area contributed by atoms with Gasteiger partial charge in [-0.15, -0.1) is 0 Å². The molecule has 10 heteroatoms. The predicted octanol–water partition coefficient (Wildman–Crippen LogP) is 6.41. The van der Waals surface area contributed by atoms with E-state index >= 15 is 0 Å². The van der Waals surface area contributed by atoms with Crippen LogP contribution in [0, 0.1) is 12.7 Å². The van der Waals surface area contributed by atoms with Gasteiger partial charge >= 0.3 is 6.16 Å². The van der Waals surface area contributed by atoms with Crippen LogP contribution in [0.4, 0.5) is 14.9 Å². The van der Waals surface area contributed by atoms with Crippen LogP contribution in [0.15, 0.2) is 51.4 Å². The number of nitrogens with zero attached hydrogens (tertiary/aromatic N) is 3. The number of halogens is 2. The molecule has 35 heavy (non-hydrogen) atoms. The number of hydrogen-bond donors (Lipinski definition) is 1. The number of benzene rings is 2. The minimum atomic E-state index is -1.42. The van der Waals surface area contributed by atoms with E-state index in [4.69, 9.17) is 19.4 Å². The SMILES string of the molecule is COc1cc(F)ccc1-c1cc(C)nn1C1CCN(c2ccc3oc(OC(=O)O)cc3c2Br)CC1. The van der Waals surface area contributed by atoms with E-state index in [2.05, 4.69) is 25.6 Å². The van der Waals surface area contributed by atoms with Gasteiger partial charge in [0.2, 0.25) is 0 Å². The fraction of sp³-hybridized carbons (Fsp3) is 0.280. The molecule has 0 aliphatic carbocycles. The molecule has 1 aliphatic heterocycles. The van der Waals surface area contributed by atoms with Crippen LogP contribution < -0.4 is 14.4 Å². The highest BCUT2D eigenvalue weighted by molar-refractivity contribution is 9.10. The highest BCUT2D eigenvalue weighted by Crippen LogP contribution is 2.40. The van der Waals surface area contributed by atoms with Gasteiger partial charge in [0.1, 0.15) is 17.1 Å². The molecule has 8 nitrogen and oxygen atoms in total. The molecule has 5 rings (SSSR count). The average Bonchev–Trinajstić information content (AvgIpc) is 3.42.